The van der Waals surface area contributed by atoms with E-state index in [1.54, 1.807) is 11.6 Å². The number of halogens is 2. The van der Waals surface area contributed by atoms with Gasteiger partial charge in [0.25, 0.3) is 11.7 Å². The molecule has 1 amide bonds. The fourth-order valence-electron chi connectivity index (χ4n) is 1.96. The molecular formula is C12H6F2N2O2S. The second-order valence-corrected chi connectivity index (χ2v) is 4.91. The molecule has 0 N–H and O–H groups in total. The van der Waals surface area contributed by atoms with E-state index < -0.39 is 23.3 Å². The van der Waals surface area contributed by atoms with Crippen LogP contribution in [0.25, 0.3) is 0 Å². The van der Waals surface area contributed by atoms with Crippen molar-refractivity contribution in [3.8, 4) is 0 Å². The first-order valence-corrected chi connectivity index (χ1v) is 6.19. The molecule has 0 atom stereocenters. The van der Waals surface area contributed by atoms with Crippen molar-refractivity contribution < 1.29 is 18.4 Å². The Morgan fingerprint density at radius 2 is 2.05 bits per heavy atom. The first-order valence-electron chi connectivity index (χ1n) is 5.31. The molecule has 2 heterocycles. The van der Waals surface area contributed by atoms with E-state index in [0.29, 0.717) is 11.1 Å². The summed E-state index contributed by atoms with van der Waals surface area (Å²) in [5.74, 6) is -3.67. The van der Waals surface area contributed by atoms with Gasteiger partial charge in [0.05, 0.1) is 17.8 Å². The zero-order chi connectivity index (χ0) is 13.6. The lowest BCUT2D eigenvalue weighted by Crippen LogP contribution is -2.29. The van der Waals surface area contributed by atoms with Crippen molar-refractivity contribution in [1.29, 1.82) is 0 Å². The molecule has 0 saturated heterocycles. The number of fused-ring (bicyclic) bond motifs is 1. The molecule has 1 aliphatic rings. The molecular weight excluding hydrogens is 274 g/mol. The molecule has 0 unspecified atom stereocenters. The Balaban J connectivity index is 2.09. The van der Waals surface area contributed by atoms with Gasteiger partial charge < -0.3 is 0 Å². The zero-order valence-corrected chi connectivity index (χ0v) is 10.2. The number of nitrogens with zero attached hydrogens (tertiary/aromatic N) is 2. The van der Waals surface area contributed by atoms with E-state index >= 15 is 0 Å². The van der Waals surface area contributed by atoms with Gasteiger partial charge in [-0.1, -0.05) is 0 Å². The SMILES string of the molecule is O=C1C(=O)N(Cc2nccs2)c2cc(F)cc(F)c21. The monoisotopic (exact) mass is 280 g/mol. The summed E-state index contributed by atoms with van der Waals surface area (Å²) in [4.78, 5) is 28.5. The summed E-state index contributed by atoms with van der Waals surface area (Å²) in [5, 5.41) is 2.30. The molecule has 0 aliphatic carbocycles. The lowest BCUT2D eigenvalue weighted by atomic mass is 10.1. The van der Waals surface area contributed by atoms with Gasteiger partial charge in [0.15, 0.2) is 0 Å². The van der Waals surface area contributed by atoms with E-state index in [0.717, 1.165) is 11.0 Å². The van der Waals surface area contributed by atoms with Crippen molar-refractivity contribution in [2.24, 2.45) is 0 Å². The Labute approximate surface area is 110 Å². The van der Waals surface area contributed by atoms with Gasteiger partial charge >= 0.3 is 0 Å². The largest absolute Gasteiger partial charge is 0.299 e. The number of ketones is 1. The van der Waals surface area contributed by atoms with Crippen molar-refractivity contribution in [1.82, 2.24) is 4.98 Å². The Hall–Kier alpha value is -2.15. The molecule has 7 heteroatoms. The number of hydrogen-bond acceptors (Lipinski definition) is 4. The van der Waals surface area contributed by atoms with Crippen molar-refractivity contribution in [2.45, 2.75) is 6.54 Å². The van der Waals surface area contributed by atoms with Crippen LogP contribution >= 0.6 is 11.3 Å². The van der Waals surface area contributed by atoms with Crippen LogP contribution in [0.4, 0.5) is 14.5 Å². The molecule has 1 aliphatic heterocycles. The normalized spacial score (nSPS) is 14.1. The average molecular weight is 280 g/mol. The summed E-state index contributed by atoms with van der Waals surface area (Å²) < 4.78 is 26.8. The quantitative estimate of drug-likeness (QED) is 0.792. The molecule has 1 aromatic carbocycles. The molecule has 2 aromatic rings. The van der Waals surface area contributed by atoms with Gasteiger partial charge in [0.2, 0.25) is 0 Å². The van der Waals surface area contributed by atoms with Crippen molar-refractivity contribution in [2.75, 3.05) is 4.90 Å². The minimum absolute atomic E-state index is 0.0259. The molecule has 19 heavy (non-hydrogen) atoms. The summed E-state index contributed by atoms with van der Waals surface area (Å²) >= 11 is 1.29. The maximum Gasteiger partial charge on any atom is 0.299 e. The summed E-state index contributed by atoms with van der Waals surface area (Å²) in [7, 11) is 0. The van der Waals surface area contributed by atoms with Gasteiger partial charge in [0, 0.05) is 17.6 Å². The second-order valence-electron chi connectivity index (χ2n) is 3.93. The van der Waals surface area contributed by atoms with Gasteiger partial charge in [-0.15, -0.1) is 11.3 Å². The van der Waals surface area contributed by atoms with Gasteiger partial charge in [-0.05, 0) is 6.07 Å². The van der Waals surface area contributed by atoms with Crippen LogP contribution in [-0.4, -0.2) is 16.7 Å². The number of carbonyl (C=O) groups is 2. The summed E-state index contributed by atoms with van der Waals surface area (Å²) in [6.07, 6.45) is 1.55. The predicted octanol–water partition coefficient (Wildman–Crippen LogP) is 2.15. The summed E-state index contributed by atoms with van der Waals surface area (Å²) in [6.45, 7) is 0.0259. The third kappa shape index (κ3) is 1.82. The van der Waals surface area contributed by atoms with E-state index in [1.807, 2.05) is 0 Å². The molecule has 1 aromatic heterocycles. The van der Waals surface area contributed by atoms with Crippen LogP contribution in [-0.2, 0) is 11.3 Å². The minimum atomic E-state index is -1.02. The van der Waals surface area contributed by atoms with E-state index in [-0.39, 0.29) is 17.8 Å². The first kappa shape index (κ1) is 11.9. The van der Waals surface area contributed by atoms with Crippen molar-refractivity contribution >= 4 is 28.7 Å². The van der Waals surface area contributed by atoms with E-state index in [2.05, 4.69) is 4.98 Å². The number of carbonyl (C=O) groups excluding carboxylic acids is 2. The number of aromatic nitrogens is 1. The Kier molecular flexibility index (Phi) is 2.63. The number of anilines is 1. The average Bonchev–Trinajstić information content (AvgIpc) is 2.93. The number of thiazole rings is 1. The molecule has 0 fully saturated rings. The van der Waals surface area contributed by atoms with Gasteiger partial charge in [-0.2, -0.15) is 0 Å². The Morgan fingerprint density at radius 1 is 1.26 bits per heavy atom. The summed E-state index contributed by atoms with van der Waals surface area (Å²) in [5.41, 5.74) is -0.411. The van der Waals surface area contributed by atoms with Crippen LogP contribution in [0, 0.1) is 11.6 Å². The number of hydrogen-bond donors (Lipinski definition) is 0. The number of benzene rings is 1. The Bertz CT molecular complexity index is 685. The number of amides is 1. The second kappa shape index (κ2) is 4.20. The molecule has 0 spiro atoms. The maximum atomic E-state index is 13.6. The molecule has 0 saturated carbocycles. The van der Waals surface area contributed by atoms with Gasteiger partial charge in [-0.25, -0.2) is 13.8 Å². The standard InChI is InChI=1S/C12H6F2N2O2S/c13-6-3-7(14)10-8(4-6)16(12(18)11(10)17)5-9-15-1-2-19-9/h1-4H,5H2. The highest BCUT2D eigenvalue weighted by Crippen LogP contribution is 2.33. The molecule has 4 nitrogen and oxygen atoms in total. The molecule has 96 valence electrons. The van der Waals surface area contributed by atoms with Crippen LogP contribution in [0.15, 0.2) is 23.7 Å². The minimum Gasteiger partial charge on any atom is -0.298 e. The van der Waals surface area contributed by atoms with Crippen LogP contribution in [0.2, 0.25) is 0 Å². The highest BCUT2D eigenvalue weighted by Gasteiger charge is 2.39. The number of rotatable bonds is 2. The van der Waals surface area contributed by atoms with Crippen LogP contribution in [0.5, 0.6) is 0 Å². The van der Waals surface area contributed by atoms with Gasteiger partial charge in [0.1, 0.15) is 16.6 Å². The van der Waals surface area contributed by atoms with Crippen LogP contribution in [0.3, 0.4) is 0 Å². The third-order valence-electron chi connectivity index (χ3n) is 2.77. The summed E-state index contributed by atoms with van der Waals surface area (Å²) in [6, 6.07) is 1.58. The van der Waals surface area contributed by atoms with Crippen LogP contribution in [0.1, 0.15) is 15.4 Å². The van der Waals surface area contributed by atoms with Crippen LogP contribution < -0.4 is 4.90 Å². The third-order valence-corrected chi connectivity index (χ3v) is 3.53. The van der Waals surface area contributed by atoms with E-state index in [9.17, 15) is 18.4 Å². The van der Waals surface area contributed by atoms with E-state index in [4.69, 9.17) is 0 Å². The van der Waals surface area contributed by atoms with Gasteiger partial charge in [-0.3, -0.25) is 14.5 Å². The van der Waals surface area contributed by atoms with E-state index in [1.165, 1.54) is 11.3 Å². The highest BCUT2D eigenvalue weighted by atomic mass is 32.1. The fourth-order valence-corrected chi connectivity index (χ4v) is 2.56. The highest BCUT2D eigenvalue weighted by molar-refractivity contribution is 7.09. The lowest BCUT2D eigenvalue weighted by molar-refractivity contribution is -0.114. The number of Topliss-reactive ketones (excluding diaryl/α,β-unsaturated/α-hetero) is 1. The molecule has 0 bridgehead atoms. The van der Waals surface area contributed by atoms with Crippen molar-refractivity contribution in [3.63, 3.8) is 0 Å². The smallest absolute Gasteiger partial charge is 0.298 e. The van der Waals surface area contributed by atoms with Crippen molar-refractivity contribution in [3.05, 3.63) is 45.9 Å². The lowest BCUT2D eigenvalue weighted by Gasteiger charge is -2.14. The molecule has 0 radical (unpaired) electrons. The predicted molar refractivity (Wildman–Crippen MR) is 64.0 cm³/mol. The molecule has 3 rings (SSSR count). The first-order chi connectivity index (χ1) is 9.08. The topological polar surface area (TPSA) is 50.3 Å². The Morgan fingerprint density at radius 3 is 2.74 bits per heavy atom. The zero-order valence-electron chi connectivity index (χ0n) is 9.39. The maximum absolute atomic E-state index is 13.6. The fraction of sp³-hybridized carbons (Fsp3) is 0.0833.